The van der Waals surface area contributed by atoms with Crippen LogP contribution in [0.4, 0.5) is 0 Å². The number of esters is 1. The van der Waals surface area contributed by atoms with Gasteiger partial charge in [-0.15, -0.1) is 0 Å². The van der Waals surface area contributed by atoms with Crippen molar-refractivity contribution in [2.75, 3.05) is 7.11 Å². The second-order valence-electron chi connectivity index (χ2n) is 2.80. The SMILES string of the molecule is CCCCC(C)C#CC(=O)OC. The molecule has 0 aliphatic heterocycles. The molecule has 2 heteroatoms. The zero-order valence-corrected chi connectivity index (χ0v) is 8.02. The Morgan fingerprint density at radius 3 is 2.75 bits per heavy atom. The first-order valence-corrected chi connectivity index (χ1v) is 4.30. The van der Waals surface area contributed by atoms with E-state index in [1.807, 2.05) is 6.92 Å². The highest BCUT2D eigenvalue weighted by atomic mass is 16.5. The van der Waals surface area contributed by atoms with Crippen molar-refractivity contribution >= 4 is 5.97 Å². The number of carbonyl (C=O) groups is 1. The topological polar surface area (TPSA) is 26.3 Å². The summed E-state index contributed by atoms with van der Waals surface area (Å²) in [4.78, 5) is 10.6. The molecule has 1 atom stereocenters. The van der Waals surface area contributed by atoms with Gasteiger partial charge in [-0.1, -0.05) is 32.6 Å². The molecule has 0 aromatic heterocycles. The quantitative estimate of drug-likeness (QED) is 0.366. The summed E-state index contributed by atoms with van der Waals surface area (Å²) in [6.45, 7) is 4.16. The Morgan fingerprint density at radius 1 is 1.58 bits per heavy atom. The zero-order chi connectivity index (χ0) is 9.40. The van der Waals surface area contributed by atoms with Gasteiger partial charge < -0.3 is 4.74 Å². The van der Waals surface area contributed by atoms with Crippen LogP contribution in [-0.4, -0.2) is 13.1 Å². The minimum absolute atomic E-state index is 0.295. The second kappa shape index (κ2) is 6.72. The van der Waals surface area contributed by atoms with Gasteiger partial charge in [-0.3, -0.25) is 0 Å². The van der Waals surface area contributed by atoms with E-state index in [9.17, 15) is 4.79 Å². The predicted octanol–water partition coefficient (Wildman–Crippen LogP) is 1.99. The fourth-order valence-corrected chi connectivity index (χ4v) is 0.816. The maximum Gasteiger partial charge on any atom is 0.384 e. The largest absolute Gasteiger partial charge is 0.459 e. The van der Waals surface area contributed by atoms with Crippen LogP contribution in [0.2, 0.25) is 0 Å². The lowest BCUT2D eigenvalue weighted by atomic mass is 10.1. The summed E-state index contributed by atoms with van der Waals surface area (Å²) < 4.78 is 4.39. The molecular weight excluding hydrogens is 152 g/mol. The third-order valence-electron chi connectivity index (χ3n) is 1.60. The highest BCUT2D eigenvalue weighted by molar-refractivity contribution is 5.88. The van der Waals surface area contributed by atoms with Crippen LogP contribution in [0.25, 0.3) is 0 Å². The average Bonchev–Trinajstić information content (AvgIpc) is 2.10. The Hall–Kier alpha value is -0.970. The van der Waals surface area contributed by atoms with Gasteiger partial charge in [-0.05, 0) is 6.42 Å². The van der Waals surface area contributed by atoms with Gasteiger partial charge in [0.1, 0.15) is 0 Å². The lowest BCUT2D eigenvalue weighted by molar-refractivity contribution is -0.133. The molecule has 0 radical (unpaired) electrons. The van der Waals surface area contributed by atoms with E-state index < -0.39 is 5.97 Å². The highest BCUT2D eigenvalue weighted by Gasteiger charge is 1.96. The maximum absolute atomic E-state index is 10.6. The van der Waals surface area contributed by atoms with Crippen molar-refractivity contribution in [3.8, 4) is 11.8 Å². The third kappa shape index (κ3) is 5.79. The van der Waals surface area contributed by atoms with Crippen LogP contribution in [0.3, 0.4) is 0 Å². The standard InChI is InChI=1S/C10H16O2/c1-4-5-6-9(2)7-8-10(11)12-3/h9H,4-6H2,1-3H3. The van der Waals surface area contributed by atoms with Gasteiger partial charge >= 0.3 is 5.97 Å². The first kappa shape index (κ1) is 11.0. The van der Waals surface area contributed by atoms with Gasteiger partial charge in [0.2, 0.25) is 0 Å². The molecule has 0 fully saturated rings. The van der Waals surface area contributed by atoms with E-state index >= 15 is 0 Å². The van der Waals surface area contributed by atoms with Crippen LogP contribution in [-0.2, 0) is 9.53 Å². The Morgan fingerprint density at radius 2 is 2.25 bits per heavy atom. The van der Waals surface area contributed by atoms with Crippen molar-refractivity contribution in [1.82, 2.24) is 0 Å². The van der Waals surface area contributed by atoms with E-state index in [-0.39, 0.29) is 0 Å². The predicted molar refractivity (Wildman–Crippen MR) is 48.5 cm³/mol. The normalized spacial score (nSPS) is 11.2. The van der Waals surface area contributed by atoms with Gasteiger partial charge in [0.25, 0.3) is 0 Å². The van der Waals surface area contributed by atoms with E-state index in [1.165, 1.54) is 13.5 Å². The maximum atomic E-state index is 10.6. The van der Waals surface area contributed by atoms with Crippen molar-refractivity contribution in [2.24, 2.45) is 5.92 Å². The van der Waals surface area contributed by atoms with Crippen LogP contribution in [0.5, 0.6) is 0 Å². The molecule has 12 heavy (non-hydrogen) atoms. The van der Waals surface area contributed by atoms with Crippen LogP contribution in [0.15, 0.2) is 0 Å². The fraction of sp³-hybridized carbons (Fsp3) is 0.700. The molecule has 0 amide bonds. The second-order valence-corrected chi connectivity index (χ2v) is 2.80. The Kier molecular flexibility index (Phi) is 6.18. The number of ether oxygens (including phenoxy) is 1. The molecule has 0 aliphatic carbocycles. The lowest BCUT2D eigenvalue weighted by Gasteiger charge is -1.99. The minimum Gasteiger partial charge on any atom is -0.459 e. The number of carbonyl (C=O) groups excluding carboxylic acids is 1. The molecular formula is C10H16O2. The monoisotopic (exact) mass is 168 g/mol. The molecule has 0 heterocycles. The molecule has 0 saturated heterocycles. The Bertz CT molecular complexity index is 186. The summed E-state index contributed by atoms with van der Waals surface area (Å²) in [6.07, 6.45) is 3.39. The van der Waals surface area contributed by atoms with Crippen LogP contribution in [0.1, 0.15) is 33.1 Å². The van der Waals surface area contributed by atoms with Crippen LogP contribution in [0, 0.1) is 17.8 Å². The Labute approximate surface area is 74.3 Å². The summed E-state index contributed by atoms with van der Waals surface area (Å²) in [6, 6.07) is 0. The third-order valence-corrected chi connectivity index (χ3v) is 1.60. The van der Waals surface area contributed by atoms with E-state index in [4.69, 9.17) is 0 Å². The summed E-state index contributed by atoms with van der Waals surface area (Å²) in [5.41, 5.74) is 0. The average molecular weight is 168 g/mol. The molecule has 0 aliphatic rings. The van der Waals surface area contributed by atoms with Gasteiger partial charge in [0.15, 0.2) is 0 Å². The molecule has 0 aromatic carbocycles. The summed E-state index contributed by atoms with van der Waals surface area (Å²) >= 11 is 0. The summed E-state index contributed by atoms with van der Waals surface area (Å²) in [5, 5.41) is 0. The number of hydrogen-bond acceptors (Lipinski definition) is 2. The summed E-state index contributed by atoms with van der Waals surface area (Å²) in [7, 11) is 1.34. The number of rotatable bonds is 3. The molecule has 2 nitrogen and oxygen atoms in total. The van der Waals surface area contributed by atoms with Crippen LogP contribution >= 0.6 is 0 Å². The molecule has 0 bridgehead atoms. The first-order valence-electron chi connectivity index (χ1n) is 4.30. The Balaban J connectivity index is 3.70. The van der Waals surface area contributed by atoms with E-state index in [2.05, 4.69) is 23.5 Å². The van der Waals surface area contributed by atoms with E-state index in [0.29, 0.717) is 5.92 Å². The van der Waals surface area contributed by atoms with Crippen LogP contribution < -0.4 is 0 Å². The van der Waals surface area contributed by atoms with Gasteiger partial charge in [0, 0.05) is 11.8 Å². The lowest BCUT2D eigenvalue weighted by Crippen LogP contribution is -1.97. The van der Waals surface area contributed by atoms with Crippen molar-refractivity contribution in [1.29, 1.82) is 0 Å². The van der Waals surface area contributed by atoms with E-state index in [0.717, 1.165) is 12.8 Å². The minimum atomic E-state index is -0.446. The summed E-state index contributed by atoms with van der Waals surface area (Å²) in [5.74, 6) is 5.12. The molecule has 1 unspecified atom stereocenters. The van der Waals surface area contributed by atoms with Gasteiger partial charge in [0.05, 0.1) is 7.11 Å². The molecule has 0 N–H and O–H groups in total. The number of methoxy groups -OCH3 is 1. The van der Waals surface area contributed by atoms with E-state index in [1.54, 1.807) is 0 Å². The van der Waals surface area contributed by atoms with Gasteiger partial charge in [-0.2, -0.15) is 0 Å². The molecule has 0 aromatic rings. The molecule has 0 saturated carbocycles. The van der Waals surface area contributed by atoms with Crippen molar-refractivity contribution in [2.45, 2.75) is 33.1 Å². The fourth-order valence-electron chi connectivity index (χ4n) is 0.816. The smallest absolute Gasteiger partial charge is 0.384 e. The van der Waals surface area contributed by atoms with Gasteiger partial charge in [-0.25, -0.2) is 4.79 Å². The highest BCUT2D eigenvalue weighted by Crippen LogP contribution is 2.05. The molecule has 0 rings (SSSR count). The number of unbranched alkanes of at least 4 members (excludes halogenated alkanes) is 1. The van der Waals surface area contributed by atoms with Crippen molar-refractivity contribution in [3.05, 3.63) is 0 Å². The molecule has 68 valence electrons. The van der Waals surface area contributed by atoms with Crippen molar-refractivity contribution in [3.63, 3.8) is 0 Å². The first-order chi connectivity index (χ1) is 5.70. The number of hydrogen-bond donors (Lipinski definition) is 0. The molecule has 0 spiro atoms. The zero-order valence-electron chi connectivity index (χ0n) is 8.02. The van der Waals surface area contributed by atoms with Crippen molar-refractivity contribution < 1.29 is 9.53 Å².